The van der Waals surface area contributed by atoms with Crippen LogP contribution < -0.4 is 4.74 Å². The topological polar surface area (TPSA) is 43.4 Å². The number of rotatable bonds is 5. The molecule has 0 radical (unpaired) electrons. The third-order valence-electron chi connectivity index (χ3n) is 1.94. The Labute approximate surface area is 105 Å². The average molecular weight is 283 g/mol. The summed E-state index contributed by atoms with van der Waals surface area (Å²) >= 11 is 5.81. The van der Waals surface area contributed by atoms with E-state index in [0.717, 1.165) is 5.56 Å². The Hall–Kier alpha value is -0.450. The maximum atomic E-state index is 10.7. The third kappa shape index (κ3) is 5.05. The van der Waals surface area contributed by atoms with Crippen molar-refractivity contribution in [2.45, 2.75) is 13.3 Å². The van der Waals surface area contributed by atoms with Gasteiger partial charge in [-0.25, -0.2) is 8.42 Å². The third-order valence-corrected chi connectivity index (χ3v) is 3.41. The molecular weight excluding hydrogens is 271 g/mol. The van der Waals surface area contributed by atoms with Crippen LogP contribution in [-0.2, 0) is 9.05 Å². The molecule has 0 heterocycles. The Morgan fingerprint density at radius 3 is 2.69 bits per heavy atom. The molecule has 0 aromatic heterocycles. The van der Waals surface area contributed by atoms with Crippen LogP contribution in [0, 0.1) is 6.92 Å². The first kappa shape index (κ1) is 13.6. The molecule has 0 aliphatic carbocycles. The minimum absolute atomic E-state index is 0.0891. The van der Waals surface area contributed by atoms with Crippen molar-refractivity contribution in [3.8, 4) is 5.75 Å². The SMILES string of the molecule is Cc1ccc(Cl)cc1OCCCS(=O)(=O)Cl. The molecule has 0 spiro atoms. The lowest BCUT2D eigenvalue weighted by Gasteiger charge is -2.08. The number of ether oxygens (including phenoxy) is 1. The summed E-state index contributed by atoms with van der Waals surface area (Å²) < 4.78 is 26.7. The van der Waals surface area contributed by atoms with Crippen molar-refractivity contribution in [2.24, 2.45) is 0 Å². The number of benzene rings is 1. The quantitative estimate of drug-likeness (QED) is 0.616. The van der Waals surface area contributed by atoms with Crippen LogP contribution in [0.4, 0.5) is 0 Å². The largest absolute Gasteiger partial charge is 0.493 e. The fourth-order valence-corrected chi connectivity index (χ4v) is 2.09. The van der Waals surface area contributed by atoms with E-state index in [9.17, 15) is 8.42 Å². The maximum Gasteiger partial charge on any atom is 0.232 e. The fraction of sp³-hybridized carbons (Fsp3) is 0.400. The molecule has 90 valence electrons. The summed E-state index contributed by atoms with van der Waals surface area (Å²) in [6.45, 7) is 2.19. The molecule has 0 saturated carbocycles. The molecule has 0 fully saturated rings. The van der Waals surface area contributed by atoms with Crippen LogP contribution in [0.25, 0.3) is 0 Å². The highest BCUT2D eigenvalue weighted by Gasteiger charge is 2.05. The maximum absolute atomic E-state index is 10.7. The summed E-state index contributed by atoms with van der Waals surface area (Å²) in [5.74, 6) is 0.577. The molecule has 0 saturated heterocycles. The molecule has 0 aliphatic heterocycles. The van der Waals surface area contributed by atoms with Crippen molar-refractivity contribution in [3.05, 3.63) is 28.8 Å². The zero-order valence-electron chi connectivity index (χ0n) is 8.74. The molecule has 6 heteroatoms. The van der Waals surface area contributed by atoms with E-state index >= 15 is 0 Å². The fourth-order valence-electron chi connectivity index (χ4n) is 1.14. The Balaban J connectivity index is 2.46. The highest BCUT2D eigenvalue weighted by Crippen LogP contribution is 2.22. The van der Waals surface area contributed by atoms with Crippen LogP contribution in [0.2, 0.25) is 5.02 Å². The van der Waals surface area contributed by atoms with Crippen molar-refractivity contribution in [1.29, 1.82) is 0 Å². The van der Waals surface area contributed by atoms with Crippen molar-refractivity contribution in [1.82, 2.24) is 0 Å². The summed E-state index contributed by atoms with van der Waals surface area (Å²) in [7, 11) is 1.64. The van der Waals surface area contributed by atoms with Crippen molar-refractivity contribution in [3.63, 3.8) is 0 Å². The van der Waals surface area contributed by atoms with Gasteiger partial charge < -0.3 is 4.74 Å². The number of hydrogen-bond donors (Lipinski definition) is 0. The van der Waals surface area contributed by atoms with E-state index in [0.29, 0.717) is 23.8 Å². The predicted molar refractivity (Wildman–Crippen MR) is 65.9 cm³/mol. The van der Waals surface area contributed by atoms with Crippen LogP contribution in [0.15, 0.2) is 18.2 Å². The van der Waals surface area contributed by atoms with Gasteiger partial charge in [0.2, 0.25) is 9.05 Å². The highest BCUT2D eigenvalue weighted by atomic mass is 35.7. The normalized spacial score (nSPS) is 11.4. The molecule has 0 unspecified atom stereocenters. The number of aryl methyl sites for hydroxylation is 1. The molecule has 1 rings (SSSR count). The summed E-state index contributed by atoms with van der Waals surface area (Å²) in [4.78, 5) is 0. The molecular formula is C10H12Cl2O3S. The number of halogens is 2. The number of hydrogen-bond acceptors (Lipinski definition) is 3. The lowest BCUT2D eigenvalue weighted by molar-refractivity contribution is 0.316. The van der Waals surface area contributed by atoms with Crippen molar-refractivity contribution >= 4 is 31.3 Å². The average Bonchev–Trinajstić information content (AvgIpc) is 2.16. The minimum atomic E-state index is -3.43. The smallest absolute Gasteiger partial charge is 0.232 e. The van der Waals surface area contributed by atoms with Crippen molar-refractivity contribution < 1.29 is 13.2 Å². The van der Waals surface area contributed by atoms with E-state index in [2.05, 4.69) is 0 Å². The van der Waals surface area contributed by atoms with E-state index in [1.54, 1.807) is 12.1 Å². The van der Waals surface area contributed by atoms with Crippen molar-refractivity contribution in [2.75, 3.05) is 12.4 Å². The molecule has 0 amide bonds. The molecule has 16 heavy (non-hydrogen) atoms. The van der Waals surface area contributed by atoms with Crippen LogP contribution in [0.5, 0.6) is 5.75 Å². The first-order valence-corrected chi connectivity index (χ1v) is 7.55. The minimum Gasteiger partial charge on any atom is -0.493 e. The van der Waals surface area contributed by atoms with Gasteiger partial charge >= 0.3 is 0 Å². The van der Waals surface area contributed by atoms with Crippen LogP contribution >= 0.6 is 22.3 Å². The van der Waals surface area contributed by atoms with Crippen LogP contribution in [-0.4, -0.2) is 20.8 Å². The van der Waals surface area contributed by atoms with Gasteiger partial charge in [0.05, 0.1) is 12.4 Å². The van der Waals surface area contributed by atoms with Gasteiger partial charge in [0.25, 0.3) is 0 Å². The lowest BCUT2D eigenvalue weighted by atomic mass is 10.2. The first-order chi connectivity index (χ1) is 7.38. The summed E-state index contributed by atoms with van der Waals surface area (Å²) in [5, 5.41) is 0.588. The van der Waals surface area contributed by atoms with Gasteiger partial charge in [-0.1, -0.05) is 17.7 Å². The Morgan fingerprint density at radius 2 is 2.06 bits per heavy atom. The van der Waals surface area contributed by atoms with Gasteiger partial charge in [-0.2, -0.15) is 0 Å². The van der Waals surface area contributed by atoms with Gasteiger partial charge in [-0.15, -0.1) is 0 Å². The highest BCUT2D eigenvalue weighted by molar-refractivity contribution is 8.13. The molecule has 0 atom stereocenters. The second-order valence-corrected chi connectivity index (χ2v) is 6.69. The second kappa shape index (κ2) is 5.75. The standard InChI is InChI=1S/C10H12Cl2O3S/c1-8-3-4-9(11)7-10(8)15-5-2-6-16(12,13)14/h3-4,7H,2,5-6H2,1H3. The Kier molecular flexibility index (Phi) is 4.89. The second-order valence-electron chi connectivity index (χ2n) is 3.35. The van der Waals surface area contributed by atoms with E-state index in [-0.39, 0.29) is 5.75 Å². The van der Waals surface area contributed by atoms with Gasteiger partial charge in [0.1, 0.15) is 5.75 Å². The monoisotopic (exact) mass is 282 g/mol. The first-order valence-electron chi connectivity index (χ1n) is 4.70. The molecule has 1 aromatic rings. The summed E-state index contributed by atoms with van der Waals surface area (Å²) in [6, 6.07) is 5.31. The van der Waals surface area contributed by atoms with Gasteiger partial charge in [0.15, 0.2) is 0 Å². The Bertz CT molecular complexity index is 457. The van der Waals surface area contributed by atoms with E-state index in [1.165, 1.54) is 0 Å². The molecule has 0 bridgehead atoms. The molecule has 0 N–H and O–H groups in total. The van der Waals surface area contributed by atoms with E-state index < -0.39 is 9.05 Å². The lowest BCUT2D eigenvalue weighted by Crippen LogP contribution is -2.05. The molecule has 1 aromatic carbocycles. The van der Waals surface area contributed by atoms with E-state index in [1.807, 2.05) is 13.0 Å². The van der Waals surface area contributed by atoms with Crippen LogP contribution in [0.1, 0.15) is 12.0 Å². The van der Waals surface area contributed by atoms with E-state index in [4.69, 9.17) is 27.0 Å². The molecule has 0 aliphatic rings. The molecule has 3 nitrogen and oxygen atoms in total. The summed E-state index contributed by atoms with van der Waals surface area (Å²) in [6.07, 6.45) is 0.359. The Morgan fingerprint density at radius 1 is 1.38 bits per heavy atom. The zero-order chi connectivity index (χ0) is 12.2. The van der Waals surface area contributed by atoms with Crippen LogP contribution in [0.3, 0.4) is 0 Å². The van der Waals surface area contributed by atoms with Gasteiger partial charge in [-0.05, 0) is 31.0 Å². The van der Waals surface area contributed by atoms with Gasteiger partial charge in [0, 0.05) is 15.7 Å². The summed E-state index contributed by atoms with van der Waals surface area (Å²) in [5.41, 5.74) is 0.957. The predicted octanol–water partition coefficient (Wildman–Crippen LogP) is 2.99. The van der Waals surface area contributed by atoms with Gasteiger partial charge in [-0.3, -0.25) is 0 Å². The zero-order valence-corrected chi connectivity index (χ0v) is 11.1.